The molecular formula is C19H20N2O4. The maximum absolute atomic E-state index is 11.6. The summed E-state index contributed by atoms with van der Waals surface area (Å²) in [5.74, 6) is -0.403. The molecule has 0 bridgehead atoms. The van der Waals surface area contributed by atoms with Gasteiger partial charge in [-0.15, -0.1) is 0 Å². The van der Waals surface area contributed by atoms with Gasteiger partial charge in [-0.25, -0.2) is 9.59 Å². The van der Waals surface area contributed by atoms with Crippen LogP contribution >= 0.6 is 0 Å². The van der Waals surface area contributed by atoms with E-state index >= 15 is 0 Å². The maximum atomic E-state index is 11.6. The van der Waals surface area contributed by atoms with E-state index in [-0.39, 0.29) is 6.61 Å². The Balaban J connectivity index is 1.69. The lowest BCUT2D eigenvalue weighted by atomic mass is 10.2. The van der Waals surface area contributed by atoms with Crippen LogP contribution in [0.5, 0.6) is 0 Å². The molecule has 6 nitrogen and oxygen atoms in total. The highest BCUT2D eigenvalue weighted by Crippen LogP contribution is 2.05. The number of rotatable bonds is 7. The molecule has 1 aromatic heterocycles. The number of hydrogen-bond donors (Lipinski definition) is 1. The summed E-state index contributed by atoms with van der Waals surface area (Å²) >= 11 is 0. The van der Waals surface area contributed by atoms with Crippen LogP contribution in [0.2, 0.25) is 0 Å². The van der Waals surface area contributed by atoms with E-state index in [1.54, 1.807) is 24.4 Å². The summed E-state index contributed by atoms with van der Waals surface area (Å²) in [6, 6.07) is 12.7. The Morgan fingerprint density at radius 3 is 2.76 bits per heavy atom. The van der Waals surface area contributed by atoms with E-state index in [4.69, 9.17) is 4.74 Å². The monoisotopic (exact) mass is 340 g/mol. The summed E-state index contributed by atoms with van der Waals surface area (Å²) in [6.45, 7) is 0.688. The Bertz CT molecular complexity index is 729. The number of hydrogen-bond acceptors (Lipinski definition) is 5. The van der Waals surface area contributed by atoms with Crippen LogP contribution in [0.15, 0.2) is 54.7 Å². The third kappa shape index (κ3) is 6.47. The molecule has 0 saturated carbocycles. The Labute approximate surface area is 146 Å². The second-order valence-electron chi connectivity index (χ2n) is 5.14. The Hall–Kier alpha value is -3.15. The second kappa shape index (κ2) is 9.87. The lowest BCUT2D eigenvalue weighted by Crippen LogP contribution is -2.24. The van der Waals surface area contributed by atoms with Gasteiger partial charge >= 0.3 is 12.1 Å². The van der Waals surface area contributed by atoms with Crippen molar-refractivity contribution in [3.63, 3.8) is 0 Å². The van der Waals surface area contributed by atoms with Crippen molar-refractivity contribution in [1.82, 2.24) is 10.3 Å². The van der Waals surface area contributed by atoms with E-state index in [1.807, 2.05) is 36.4 Å². The quantitative estimate of drug-likeness (QED) is 0.619. The predicted molar refractivity (Wildman–Crippen MR) is 93.9 cm³/mol. The van der Waals surface area contributed by atoms with Crippen molar-refractivity contribution in [3.8, 4) is 0 Å². The third-order valence-corrected chi connectivity index (χ3v) is 3.28. The van der Waals surface area contributed by atoms with Crippen LogP contribution < -0.4 is 5.32 Å². The number of nitrogens with zero attached hydrogens (tertiary/aromatic N) is 1. The molecule has 130 valence electrons. The van der Waals surface area contributed by atoms with Crippen molar-refractivity contribution in [2.75, 3.05) is 13.7 Å². The maximum Gasteiger partial charge on any atom is 0.407 e. The molecule has 1 heterocycles. The van der Waals surface area contributed by atoms with E-state index in [9.17, 15) is 9.59 Å². The normalized spacial score (nSPS) is 10.4. The van der Waals surface area contributed by atoms with Gasteiger partial charge in [-0.2, -0.15) is 0 Å². The molecule has 1 N–H and O–H groups in total. The number of esters is 1. The Morgan fingerprint density at radius 2 is 2.00 bits per heavy atom. The van der Waals surface area contributed by atoms with Gasteiger partial charge in [0.15, 0.2) is 0 Å². The summed E-state index contributed by atoms with van der Waals surface area (Å²) in [4.78, 5) is 27.2. The third-order valence-electron chi connectivity index (χ3n) is 3.28. The molecule has 6 heteroatoms. The van der Waals surface area contributed by atoms with Crippen molar-refractivity contribution in [2.45, 2.75) is 13.0 Å². The van der Waals surface area contributed by atoms with E-state index in [0.29, 0.717) is 24.2 Å². The van der Waals surface area contributed by atoms with E-state index < -0.39 is 12.1 Å². The molecule has 0 aliphatic carbocycles. The SMILES string of the molecule is COC(=O)c1ccnc(C=CCCNC(=O)OCc2ccccc2)c1. The number of benzene rings is 1. The van der Waals surface area contributed by atoms with Gasteiger partial charge in [0.1, 0.15) is 6.61 Å². The zero-order valence-electron chi connectivity index (χ0n) is 14.0. The van der Waals surface area contributed by atoms with Gasteiger partial charge in [0.25, 0.3) is 0 Å². The predicted octanol–water partition coefficient (Wildman–Crippen LogP) is 3.20. The first-order valence-electron chi connectivity index (χ1n) is 7.84. The number of methoxy groups -OCH3 is 1. The smallest absolute Gasteiger partial charge is 0.407 e. The molecule has 1 amide bonds. The van der Waals surface area contributed by atoms with Crippen LogP contribution in [0, 0.1) is 0 Å². The lowest BCUT2D eigenvalue weighted by molar-refractivity contribution is 0.0600. The molecule has 1 aromatic carbocycles. The fourth-order valence-electron chi connectivity index (χ4n) is 2.02. The molecule has 0 spiro atoms. The van der Waals surface area contributed by atoms with Crippen molar-refractivity contribution < 1.29 is 19.1 Å². The summed E-state index contributed by atoms with van der Waals surface area (Å²) < 4.78 is 9.77. The zero-order chi connectivity index (χ0) is 17.9. The molecule has 0 atom stereocenters. The molecule has 2 rings (SSSR count). The van der Waals surface area contributed by atoms with Crippen molar-refractivity contribution in [3.05, 3.63) is 71.6 Å². The van der Waals surface area contributed by atoms with Gasteiger partial charge in [0.05, 0.1) is 18.4 Å². The highest BCUT2D eigenvalue weighted by Gasteiger charge is 2.05. The number of carbonyl (C=O) groups is 2. The van der Waals surface area contributed by atoms with Crippen molar-refractivity contribution in [2.24, 2.45) is 0 Å². The standard InChI is InChI=1S/C19H20N2O4/c1-24-18(22)16-10-12-20-17(13-16)9-5-6-11-21-19(23)25-14-15-7-3-2-4-8-15/h2-5,7-10,12-13H,6,11,14H2,1H3,(H,21,23). The minimum absolute atomic E-state index is 0.243. The van der Waals surface area contributed by atoms with Crippen LogP contribution in [0.1, 0.15) is 28.0 Å². The van der Waals surface area contributed by atoms with Gasteiger partial charge in [-0.3, -0.25) is 4.98 Å². The highest BCUT2D eigenvalue weighted by molar-refractivity contribution is 5.89. The largest absolute Gasteiger partial charge is 0.465 e. The zero-order valence-corrected chi connectivity index (χ0v) is 14.0. The molecule has 0 saturated heterocycles. The summed E-state index contributed by atoms with van der Waals surface area (Å²) in [6.07, 6.45) is 5.35. The number of nitrogens with one attached hydrogen (secondary N) is 1. The van der Waals surface area contributed by atoms with E-state index in [1.165, 1.54) is 7.11 Å². The average Bonchev–Trinajstić information content (AvgIpc) is 2.66. The van der Waals surface area contributed by atoms with Gasteiger partial charge in [0.2, 0.25) is 0 Å². The van der Waals surface area contributed by atoms with Gasteiger partial charge < -0.3 is 14.8 Å². The Morgan fingerprint density at radius 1 is 1.20 bits per heavy atom. The first kappa shape index (κ1) is 18.2. The summed E-state index contributed by atoms with van der Waals surface area (Å²) in [7, 11) is 1.33. The van der Waals surface area contributed by atoms with Crippen LogP contribution in [0.3, 0.4) is 0 Å². The average molecular weight is 340 g/mol. The number of carbonyl (C=O) groups excluding carboxylic acids is 2. The molecule has 0 aliphatic heterocycles. The fourth-order valence-corrected chi connectivity index (χ4v) is 2.02. The topological polar surface area (TPSA) is 77.5 Å². The summed E-state index contributed by atoms with van der Waals surface area (Å²) in [5, 5.41) is 2.67. The number of amides is 1. The first-order chi connectivity index (χ1) is 12.2. The minimum Gasteiger partial charge on any atom is -0.465 e. The highest BCUT2D eigenvalue weighted by atomic mass is 16.5. The molecule has 0 aliphatic rings. The number of alkyl carbamates (subject to hydrolysis) is 1. The Kier molecular flexibility index (Phi) is 7.18. The van der Waals surface area contributed by atoms with Crippen LogP contribution in [0.25, 0.3) is 6.08 Å². The van der Waals surface area contributed by atoms with Crippen LogP contribution in [0.4, 0.5) is 4.79 Å². The molecule has 2 aromatic rings. The molecular weight excluding hydrogens is 320 g/mol. The number of aromatic nitrogens is 1. The summed E-state index contributed by atoms with van der Waals surface area (Å²) in [5.41, 5.74) is 2.03. The van der Waals surface area contributed by atoms with Gasteiger partial charge in [-0.1, -0.05) is 36.4 Å². The van der Waals surface area contributed by atoms with Crippen molar-refractivity contribution in [1.29, 1.82) is 0 Å². The van der Waals surface area contributed by atoms with Gasteiger partial charge in [-0.05, 0) is 30.2 Å². The van der Waals surface area contributed by atoms with Crippen LogP contribution in [-0.4, -0.2) is 30.7 Å². The van der Waals surface area contributed by atoms with Crippen LogP contribution in [-0.2, 0) is 16.1 Å². The lowest BCUT2D eigenvalue weighted by Gasteiger charge is -2.05. The molecule has 0 fully saturated rings. The molecule has 0 unspecified atom stereocenters. The molecule has 0 radical (unpaired) electrons. The minimum atomic E-state index is -0.455. The number of ether oxygens (including phenoxy) is 2. The van der Waals surface area contributed by atoms with Gasteiger partial charge in [0, 0.05) is 12.7 Å². The van der Waals surface area contributed by atoms with Crippen molar-refractivity contribution >= 4 is 18.1 Å². The second-order valence-corrected chi connectivity index (χ2v) is 5.14. The molecule has 25 heavy (non-hydrogen) atoms. The first-order valence-corrected chi connectivity index (χ1v) is 7.84. The van der Waals surface area contributed by atoms with E-state index in [2.05, 4.69) is 15.0 Å². The number of pyridine rings is 1. The van der Waals surface area contributed by atoms with E-state index in [0.717, 1.165) is 5.56 Å². The fraction of sp³-hybridized carbons (Fsp3) is 0.211.